The highest BCUT2D eigenvalue weighted by Crippen LogP contribution is 2.15. The van der Waals surface area contributed by atoms with Crippen LogP contribution in [0.25, 0.3) is 0 Å². The molecule has 0 aromatic carbocycles. The van der Waals surface area contributed by atoms with Crippen LogP contribution in [0.15, 0.2) is 0 Å². The molecule has 0 unspecified atom stereocenters. The summed E-state index contributed by atoms with van der Waals surface area (Å²) in [7, 11) is 0. The Kier molecular flexibility index (Phi) is 1.30. The van der Waals surface area contributed by atoms with E-state index in [4.69, 9.17) is 9.84 Å². The van der Waals surface area contributed by atoms with Crippen LogP contribution < -0.4 is 0 Å². The molecule has 2 atom stereocenters. The van der Waals surface area contributed by atoms with Gasteiger partial charge in [0, 0.05) is 6.42 Å². The zero-order chi connectivity index (χ0) is 5.28. The summed E-state index contributed by atoms with van der Waals surface area (Å²) in [5.74, 6) is 0. The highest BCUT2D eigenvalue weighted by molar-refractivity contribution is 4.60. The van der Waals surface area contributed by atoms with Gasteiger partial charge in [-0.05, 0) is 13.3 Å². The largest absolute Gasteiger partial charge is 0.368 e. The van der Waals surface area contributed by atoms with E-state index < -0.39 is 6.29 Å². The van der Waals surface area contributed by atoms with Gasteiger partial charge in [0.1, 0.15) is 0 Å². The fourth-order valence-electron chi connectivity index (χ4n) is 0.782. The van der Waals surface area contributed by atoms with Crippen LogP contribution in [0.3, 0.4) is 0 Å². The van der Waals surface area contributed by atoms with Crippen LogP contribution in [0.4, 0.5) is 0 Å². The molecular formula is C5H10O2. The highest BCUT2D eigenvalue weighted by Gasteiger charge is 2.17. The summed E-state index contributed by atoms with van der Waals surface area (Å²) in [6.07, 6.45) is 1.60. The van der Waals surface area contributed by atoms with E-state index in [2.05, 4.69) is 0 Å². The van der Waals surface area contributed by atoms with Crippen molar-refractivity contribution < 1.29 is 9.84 Å². The molecule has 1 fully saturated rings. The van der Waals surface area contributed by atoms with E-state index in [-0.39, 0.29) is 6.10 Å². The van der Waals surface area contributed by atoms with Crippen molar-refractivity contribution in [2.45, 2.75) is 32.2 Å². The first-order valence-electron chi connectivity index (χ1n) is 2.62. The summed E-state index contributed by atoms with van der Waals surface area (Å²) in [6, 6.07) is 0. The standard InChI is InChI=1S/C5H10O2/c1-4-2-3-5(6)7-4/h4-6H,2-3H2,1H3/t4-,5-/m0/s1. The first kappa shape index (κ1) is 5.06. The van der Waals surface area contributed by atoms with Crippen LogP contribution in [0.2, 0.25) is 0 Å². The van der Waals surface area contributed by atoms with E-state index in [0.717, 1.165) is 12.8 Å². The van der Waals surface area contributed by atoms with Crippen molar-refractivity contribution in [3.8, 4) is 0 Å². The summed E-state index contributed by atoms with van der Waals surface area (Å²) in [5, 5.41) is 8.68. The van der Waals surface area contributed by atoms with Crippen LogP contribution in [-0.4, -0.2) is 17.5 Å². The molecule has 0 radical (unpaired) electrons. The average molecular weight is 102 g/mol. The third kappa shape index (κ3) is 1.14. The highest BCUT2D eigenvalue weighted by atomic mass is 16.6. The van der Waals surface area contributed by atoms with Crippen molar-refractivity contribution in [3.63, 3.8) is 0 Å². The summed E-state index contributed by atoms with van der Waals surface area (Å²) >= 11 is 0. The van der Waals surface area contributed by atoms with Crippen LogP contribution in [0.5, 0.6) is 0 Å². The van der Waals surface area contributed by atoms with E-state index in [1.54, 1.807) is 0 Å². The van der Waals surface area contributed by atoms with Gasteiger partial charge in [-0.3, -0.25) is 0 Å². The van der Waals surface area contributed by atoms with E-state index in [1.807, 2.05) is 6.92 Å². The molecule has 1 aliphatic heterocycles. The lowest BCUT2D eigenvalue weighted by molar-refractivity contribution is -0.0849. The molecule has 0 spiro atoms. The molecule has 1 heterocycles. The molecule has 1 aliphatic rings. The maximum absolute atomic E-state index is 8.68. The molecule has 1 N–H and O–H groups in total. The topological polar surface area (TPSA) is 29.5 Å². The minimum atomic E-state index is -0.477. The Morgan fingerprint density at radius 1 is 1.57 bits per heavy atom. The molecule has 1 saturated heterocycles. The summed E-state index contributed by atoms with van der Waals surface area (Å²) in [5.41, 5.74) is 0. The Morgan fingerprint density at radius 2 is 2.29 bits per heavy atom. The third-order valence-corrected chi connectivity index (χ3v) is 1.21. The van der Waals surface area contributed by atoms with Gasteiger partial charge in [0.25, 0.3) is 0 Å². The van der Waals surface area contributed by atoms with Crippen LogP contribution >= 0.6 is 0 Å². The van der Waals surface area contributed by atoms with Crippen molar-refractivity contribution >= 4 is 0 Å². The number of rotatable bonds is 0. The zero-order valence-corrected chi connectivity index (χ0v) is 4.42. The number of aliphatic hydroxyl groups excluding tert-OH is 1. The first-order valence-corrected chi connectivity index (χ1v) is 2.62. The van der Waals surface area contributed by atoms with Gasteiger partial charge in [-0.2, -0.15) is 0 Å². The molecule has 2 heteroatoms. The van der Waals surface area contributed by atoms with Crippen LogP contribution in [0.1, 0.15) is 19.8 Å². The Hall–Kier alpha value is -0.0800. The monoisotopic (exact) mass is 102 g/mol. The fraction of sp³-hybridized carbons (Fsp3) is 1.00. The normalized spacial score (nSPS) is 42.0. The summed E-state index contributed by atoms with van der Waals surface area (Å²) in [4.78, 5) is 0. The van der Waals surface area contributed by atoms with Crippen molar-refractivity contribution in [3.05, 3.63) is 0 Å². The molecular weight excluding hydrogens is 92.1 g/mol. The minimum Gasteiger partial charge on any atom is -0.368 e. The van der Waals surface area contributed by atoms with E-state index >= 15 is 0 Å². The van der Waals surface area contributed by atoms with Gasteiger partial charge >= 0.3 is 0 Å². The van der Waals surface area contributed by atoms with Crippen LogP contribution in [0, 0.1) is 0 Å². The number of aliphatic hydroxyl groups is 1. The van der Waals surface area contributed by atoms with Gasteiger partial charge in [-0.1, -0.05) is 0 Å². The fourth-order valence-corrected chi connectivity index (χ4v) is 0.782. The molecule has 2 nitrogen and oxygen atoms in total. The van der Waals surface area contributed by atoms with E-state index in [9.17, 15) is 0 Å². The van der Waals surface area contributed by atoms with Gasteiger partial charge in [0.2, 0.25) is 0 Å². The third-order valence-electron chi connectivity index (χ3n) is 1.21. The van der Waals surface area contributed by atoms with Gasteiger partial charge in [-0.25, -0.2) is 0 Å². The number of hydrogen-bond donors (Lipinski definition) is 1. The predicted octanol–water partition coefficient (Wildman–Crippen LogP) is 0.504. The lowest BCUT2D eigenvalue weighted by Crippen LogP contribution is -2.05. The van der Waals surface area contributed by atoms with Crippen molar-refractivity contribution in [2.75, 3.05) is 0 Å². The molecule has 0 amide bonds. The second kappa shape index (κ2) is 1.80. The average Bonchev–Trinajstić information content (AvgIpc) is 1.87. The van der Waals surface area contributed by atoms with Crippen molar-refractivity contribution in [2.24, 2.45) is 0 Å². The molecule has 1 rings (SSSR count). The molecule has 0 bridgehead atoms. The minimum absolute atomic E-state index is 0.273. The molecule has 0 aromatic heterocycles. The number of ether oxygens (including phenoxy) is 1. The number of hydrogen-bond acceptors (Lipinski definition) is 2. The SMILES string of the molecule is C[C@H]1CC[C@@H](O)O1. The lowest BCUT2D eigenvalue weighted by Gasteiger charge is -2.00. The summed E-state index contributed by atoms with van der Waals surface area (Å²) in [6.45, 7) is 1.97. The molecule has 42 valence electrons. The second-order valence-corrected chi connectivity index (χ2v) is 1.98. The Labute approximate surface area is 43.1 Å². The maximum atomic E-state index is 8.68. The van der Waals surface area contributed by atoms with Crippen molar-refractivity contribution in [1.82, 2.24) is 0 Å². The zero-order valence-electron chi connectivity index (χ0n) is 4.42. The van der Waals surface area contributed by atoms with Gasteiger partial charge in [0.15, 0.2) is 6.29 Å². The Bertz CT molecular complexity index is 55.1. The van der Waals surface area contributed by atoms with Crippen molar-refractivity contribution in [1.29, 1.82) is 0 Å². The maximum Gasteiger partial charge on any atom is 0.154 e. The smallest absolute Gasteiger partial charge is 0.154 e. The quantitative estimate of drug-likeness (QED) is 0.482. The lowest BCUT2D eigenvalue weighted by atomic mass is 10.3. The molecule has 0 saturated carbocycles. The van der Waals surface area contributed by atoms with Crippen LogP contribution in [-0.2, 0) is 4.74 Å². The Balaban J connectivity index is 2.26. The van der Waals surface area contributed by atoms with E-state index in [1.165, 1.54) is 0 Å². The van der Waals surface area contributed by atoms with Gasteiger partial charge < -0.3 is 9.84 Å². The predicted molar refractivity (Wildman–Crippen MR) is 25.8 cm³/mol. The van der Waals surface area contributed by atoms with Gasteiger partial charge in [-0.15, -0.1) is 0 Å². The van der Waals surface area contributed by atoms with Gasteiger partial charge in [0.05, 0.1) is 6.10 Å². The second-order valence-electron chi connectivity index (χ2n) is 1.98. The van der Waals surface area contributed by atoms with E-state index in [0.29, 0.717) is 0 Å². The molecule has 0 aromatic rings. The molecule has 0 aliphatic carbocycles. The first-order chi connectivity index (χ1) is 3.29. The molecule has 7 heavy (non-hydrogen) atoms. The Morgan fingerprint density at radius 3 is 2.43 bits per heavy atom. The summed E-state index contributed by atoms with van der Waals surface area (Å²) < 4.78 is 4.92.